The molecule has 8 nitrogen and oxygen atoms in total. The van der Waals surface area contributed by atoms with E-state index in [1.54, 1.807) is 17.1 Å². The van der Waals surface area contributed by atoms with Crippen LogP contribution in [0.5, 0.6) is 0 Å². The molecule has 1 aliphatic rings. The van der Waals surface area contributed by atoms with Crippen molar-refractivity contribution in [3.8, 4) is 0 Å². The molecule has 1 saturated heterocycles. The van der Waals surface area contributed by atoms with Crippen molar-refractivity contribution in [2.24, 2.45) is 5.73 Å². The molecule has 0 aliphatic carbocycles. The van der Waals surface area contributed by atoms with Gasteiger partial charge in [-0.05, 0) is 25.0 Å². The number of hydrogen-bond acceptors (Lipinski definition) is 5. The van der Waals surface area contributed by atoms with E-state index in [1.807, 2.05) is 0 Å². The molecule has 1 unspecified atom stereocenters. The van der Waals surface area contributed by atoms with Crippen molar-refractivity contribution in [3.05, 3.63) is 42.0 Å². The third-order valence-corrected chi connectivity index (χ3v) is 3.58. The van der Waals surface area contributed by atoms with Crippen LogP contribution in [-0.4, -0.2) is 39.3 Å². The zero-order valence-corrected chi connectivity index (χ0v) is 12.4. The van der Waals surface area contributed by atoms with Crippen LogP contribution in [0.25, 0.3) is 0 Å². The third-order valence-electron chi connectivity index (χ3n) is 3.58. The molecule has 0 aromatic carbocycles. The molecule has 2 amide bonds. The second-order valence-electron chi connectivity index (χ2n) is 5.34. The Morgan fingerprint density at radius 3 is 2.91 bits per heavy atom. The van der Waals surface area contributed by atoms with E-state index in [2.05, 4.69) is 15.4 Å². The number of carbonyl (C=O) groups excluding carboxylic acids is 2. The van der Waals surface area contributed by atoms with E-state index in [0.717, 1.165) is 19.4 Å². The molecule has 120 valence electrons. The molecule has 0 spiro atoms. The second kappa shape index (κ2) is 6.57. The quantitative estimate of drug-likeness (QED) is 0.848. The fraction of sp³-hybridized carbons (Fsp3) is 0.333. The topological polar surface area (TPSA) is 112 Å². The summed E-state index contributed by atoms with van der Waals surface area (Å²) in [6.07, 6.45) is 6.93. The van der Waals surface area contributed by atoms with Gasteiger partial charge in [0.15, 0.2) is 0 Å². The highest BCUT2D eigenvalue weighted by Gasteiger charge is 2.16. The standard InChI is InChI=1S/C15H17N5O3/c16-14(21)13-4-3-10(6-17-13)15(22)19-11-7-18-20(8-11)9-12-2-1-5-23-12/h3-4,6-8,12H,1-2,5,9H2,(H2,16,21)(H,19,22). The summed E-state index contributed by atoms with van der Waals surface area (Å²) < 4.78 is 7.30. The molecule has 1 atom stereocenters. The molecule has 0 bridgehead atoms. The van der Waals surface area contributed by atoms with Gasteiger partial charge in [-0.1, -0.05) is 0 Å². The predicted molar refractivity (Wildman–Crippen MR) is 81.9 cm³/mol. The summed E-state index contributed by atoms with van der Waals surface area (Å²) in [6, 6.07) is 2.91. The molecule has 2 aromatic rings. The van der Waals surface area contributed by atoms with Gasteiger partial charge in [-0.15, -0.1) is 0 Å². The summed E-state index contributed by atoms with van der Waals surface area (Å²) in [5.74, 6) is -0.961. The van der Waals surface area contributed by atoms with Crippen LogP contribution in [0.15, 0.2) is 30.7 Å². The molecule has 23 heavy (non-hydrogen) atoms. The number of pyridine rings is 1. The highest BCUT2D eigenvalue weighted by atomic mass is 16.5. The van der Waals surface area contributed by atoms with Crippen LogP contribution in [-0.2, 0) is 11.3 Å². The van der Waals surface area contributed by atoms with Gasteiger partial charge in [0.2, 0.25) is 0 Å². The molecule has 0 radical (unpaired) electrons. The lowest BCUT2D eigenvalue weighted by atomic mass is 10.2. The molecule has 3 N–H and O–H groups in total. The van der Waals surface area contributed by atoms with Crippen LogP contribution in [0, 0.1) is 0 Å². The lowest BCUT2D eigenvalue weighted by molar-refractivity contribution is 0.0940. The summed E-state index contributed by atoms with van der Waals surface area (Å²) in [5.41, 5.74) is 6.15. The third kappa shape index (κ3) is 3.72. The summed E-state index contributed by atoms with van der Waals surface area (Å²) in [7, 11) is 0. The minimum atomic E-state index is -0.632. The van der Waals surface area contributed by atoms with Gasteiger partial charge in [0, 0.05) is 19.0 Å². The number of anilines is 1. The first kappa shape index (κ1) is 15.2. The predicted octanol–water partition coefficient (Wildman–Crippen LogP) is 0.808. The fourth-order valence-electron chi connectivity index (χ4n) is 2.40. The van der Waals surface area contributed by atoms with E-state index in [9.17, 15) is 9.59 Å². The molecular formula is C15H17N5O3. The zero-order chi connectivity index (χ0) is 16.2. The van der Waals surface area contributed by atoms with Gasteiger partial charge in [-0.2, -0.15) is 5.10 Å². The Bertz CT molecular complexity index is 704. The van der Waals surface area contributed by atoms with Gasteiger partial charge in [-0.3, -0.25) is 19.3 Å². The van der Waals surface area contributed by atoms with Crippen molar-refractivity contribution in [2.45, 2.75) is 25.5 Å². The highest BCUT2D eigenvalue weighted by molar-refractivity contribution is 6.04. The first-order chi connectivity index (χ1) is 11.1. The number of nitrogens with one attached hydrogen (secondary N) is 1. The molecule has 1 fully saturated rings. The number of nitrogens with zero attached hydrogens (tertiary/aromatic N) is 3. The Morgan fingerprint density at radius 2 is 2.26 bits per heavy atom. The largest absolute Gasteiger partial charge is 0.376 e. The molecule has 0 saturated carbocycles. The summed E-state index contributed by atoms with van der Waals surface area (Å²) in [6.45, 7) is 1.47. The van der Waals surface area contributed by atoms with Gasteiger partial charge >= 0.3 is 0 Å². The number of rotatable bonds is 5. The molecule has 2 aromatic heterocycles. The lowest BCUT2D eigenvalue weighted by Gasteiger charge is -2.08. The number of carbonyl (C=O) groups is 2. The van der Waals surface area contributed by atoms with Gasteiger partial charge < -0.3 is 15.8 Å². The van der Waals surface area contributed by atoms with Crippen molar-refractivity contribution in [1.29, 1.82) is 0 Å². The molecule has 8 heteroatoms. The molecule has 3 rings (SSSR count). The van der Waals surface area contributed by atoms with Crippen molar-refractivity contribution in [2.75, 3.05) is 11.9 Å². The smallest absolute Gasteiger partial charge is 0.267 e. The number of aromatic nitrogens is 3. The van der Waals surface area contributed by atoms with E-state index in [-0.39, 0.29) is 17.7 Å². The lowest BCUT2D eigenvalue weighted by Crippen LogP contribution is -2.16. The minimum absolute atomic E-state index is 0.117. The average Bonchev–Trinajstić information content (AvgIpc) is 3.20. The van der Waals surface area contributed by atoms with Crippen LogP contribution in [0.4, 0.5) is 5.69 Å². The molecule has 3 heterocycles. The number of amides is 2. The number of primary amides is 1. The maximum Gasteiger partial charge on any atom is 0.267 e. The average molecular weight is 315 g/mol. The van der Waals surface area contributed by atoms with E-state index < -0.39 is 5.91 Å². The van der Waals surface area contributed by atoms with Crippen LogP contribution in [0.1, 0.15) is 33.7 Å². The number of nitrogens with two attached hydrogens (primary N) is 1. The SMILES string of the molecule is NC(=O)c1ccc(C(=O)Nc2cnn(CC3CCCO3)c2)cn1. The Morgan fingerprint density at radius 1 is 1.39 bits per heavy atom. The minimum Gasteiger partial charge on any atom is -0.376 e. The van der Waals surface area contributed by atoms with Crippen LogP contribution >= 0.6 is 0 Å². The maximum absolute atomic E-state index is 12.1. The molecular weight excluding hydrogens is 298 g/mol. The monoisotopic (exact) mass is 315 g/mol. The molecule has 1 aliphatic heterocycles. The van der Waals surface area contributed by atoms with Crippen molar-refractivity contribution in [3.63, 3.8) is 0 Å². The highest BCUT2D eigenvalue weighted by Crippen LogP contribution is 2.15. The van der Waals surface area contributed by atoms with Crippen LogP contribution in [0.2, 0.25) is 0 Å². The van der Waals surface area contributed by atoms with Crippen molar-refractivity contribution >= 4 is 17.5 Å². The Kier molecular flexibility index (Phi) is 4.33. The van der Waals surface area contributed by atoms with E-state index in [0.29, 0.717) is 17.8 Å². The second-order valence-corrected chi connectivity index (χ2v) is 5.34. The zero-order valence-electron chi connectivity index (χ0n) is 12.4. The number of ether oxygens (including phenoxy) is 1. The maximum atomic E-state index is 12.1. The van der Waals surface area contributed by atoms with Gasteiger partial charge in [0.25, 0.3) is 11.8 Å². The first-order valence-corrected chi connectivity index (χ1v) is 7.33. The van der Waals surface area contributed by atoms with Gasteiger partial charge in [0.1, 0.15) is 5.69 Å². The summed E-state index contributed by atoms with van der Waals surface area (Å²) in [4.78, 5) is 26.9. The van der Waals surface area contributed by atoms with Crippen molar-refractivity contribution < 1.29 is 14.3 Å². The van der Waals surface area contributed by atoms with E-state index in [4.69, 9.17) is 10.5 Å². The van der Waals surface area contributed by atoms with E-state index >= 15 is 0 Å². The van der Waals surface area contributed by atoms with Crippen LogP contribution < -0.4 is 11.1 Å². The summed E-state index contributed by atoms with van der Waals surface area (Å²) >= 11 is 0. The van der Waals surface area contributed by atoms with Crippen LogP contribution in [0.3, 0.4) is 0 Å². The number of hydrogen-bond donors (Lipinski definition) is 2. The van der Waals surface area contributed by atoms with Gasteiger partial charge in [-0.25, -0.2) is 0 Å². The van der Waals surface area contributed by atoms with Crippen molar-refractivity contribution in [1.82, 2.24) is 14.8 Å². The first-order valence-electron chi connectivity index (χ1n) is 7.33. The Labute approximate surface area is 132 Å². The van der Waals surface area contributed by atoms with Gasteiger partial charge in [0.05, 0.1) is 30.1 Å². The Balaban J connectivity index is 1.61. The summed E-state index contributed by atoms with van der Waals surface area (Å²) in [5, 5.41) is 6.94. The Hall–Kier alpha value is -2.74. The van der Waals surface area contributed by atoms with E-state index in [1.165, 1.54) is 18.3 Å². The normalized spacial score (nSPS) is 17.1. The fourth-order valence-corrected chi connectivity index (χ4v) is 2.40.